The highest BCUT2D eigenvalue weighted by atomic mass is 16.5. The third-order valence-corrected chi connectivity index (χ3v) is 2.85. The summed E-state index contributed by atoms with van der Waals surface area (Å²) in [4.78, 5) is 0. The van der Waals surface area contributed by atoms with Crippen LogP contribution in [0.4, 0.5) is 0 Å². The van der Waals surface area contributed by atoms with Crippen LogP contribution in [0, 0.1) is 6.92 Å². The summed E-state index contributed by atoms with van der Waals surface area (Å²) in [7, 11) is 0. The standard InChI is InChI=1S/C16H18O2/c1-13-2-4-15(5-3-13)12-18-16-8-6-14(7-9-16)10-11-17/h2-9,17H,10-12H2,1H3. The Morgan fingerprint density at radius 3 is 2.11 bits per heavy atom. The fraction of sp³-hybridized carbons (Fsp3) is 0.250. The highest BCUT2D eigenvalue weighted by molar-refractivity contribution is 5.28. The van der Waals surface area contributed by atoms with Gasteiger partial charge in [0.25, 0.3) is 0 Å². The molecule has 2 aromatic rings. The monoisotopic (exact) mass is 242 g/mol. The Labute approximate surface area is 108 Å². The maximum atomic E-state index is 8.83. The average Bonchev–Trinajstić information content (AvgIpc) is 2.40. The van der Waals surface area contributed by atoms with Crippen LogP contribution in [0.1, 0.15) is 16.7 Å². The van der Waals surface area contributed by atoms with E-state index in [0.29, 0.717) is 13.0 Å². The van der Waals surface area contributed by atoms with Gasteiger partial charge in [0.05, 0.1) is 0 Å². The zero-order valence-electron chi connectivity index (χ0n) is 10.6. The van der Waals surface area contributed by atoms with Crippen molar-refractivity contribution in [3.63, 3.8) is 0 Å². The molecule has 0 aliphatic rings. The molecule has 94 valence electrons. The second kappa shape index (κ2) is 6.22. The van der Waals surface area contributed by atoms with Gasteiger partial charge in [-0.1, -0.05) is 42.0 Å². The van der Waals surface area contributed by atoms with Gasteiger partial charge in [-0.15, -0.1) is 0 Å². The molecule has 0 saturated carbocycles. The number of aliphatic hydroxyl groups excluding tert-OH is 1. The van der Waals surface area contributed by atoms with E-state index < -0.39 is 0 Å². The Balaban J connectivity index is 1.91. The van der Waals surface area contributed by atoms with E-state index >= 15 is 0 Å². The van der Waals surface area contributed by atoms with Crippen LogP contribution in [-0.2, 0) is 13.0 Å². The largest absolute Gasteiger partial charge is 0.489 e. The normalized spacial score (nSPS) is 10.3. The van der Waals surface area contributed by atoms with Crippen molar-refractivity contribution in [1.82, 2.24) is 0 Å². The maximum Gasteiger partial charge on any atom is 0.119 e. The molecule has 2 aromatic carbocycles. The van der Waals surface area contributed by atoms with E-state index in [1.807, 2.05) is 24.3 Å². The van der Waals surface area contributed by atoms with Crippen molar-refractivity contribution in [3.8, 4) is 5.75 Å². The first kappa shape index (κ1) is 12.7. The molecule has 2 rings (SSSR count). The fourth-order valence-electron chi connectivity index (χ4n) is 1.73. The van der Waals surface area contributed by atoms with Crippen LogP contribution in [-0.4, -0.2) is 11.7 Å². The number of ether oxygens (including phenoxy) is 1. The molecule has 2 nitrogen and oxygen atoms in total. The molecule has 18 heavy (non-hydrogen) atoms. The summed E-state index contributed by atoms with van der Waals surface area (Å²) in [6.07, 6.45) is 0.693. The SMILES string of the molecule is Cc1ccc(COc2ccc(CCO)cc2)cc1. The van der Waals surface area contributed by atoms with Crippen LogP contribution in [0.25, 0.3) is 0 Å². The molecule has 0 aliphatic carbocycles. The predicted molar refractivity (Wildman–Crippen MR) is 72.7 cm³/mol. The van der Waals surface area contributed by atoms with E-state index in [1.165, 1.54) is 11.1 Å². The van der Waals surface area contributed by atoms with Gasteiger partial charge in [-0.3, -0.25) is 0 Å². The van der Waals surface area contributed by atoms with E-state index in [2.05, 4.69) is 31.2 Å². The van der Waals surface area contributed by atoms with Crippen molar-refractivity contribution < 1.29 is 9.84 Å². The Hall–Kier alpha value is -1.80. The lowest BCUT2D eigenvalue weighted by molar-refractivity contribution is 0.298. The van der Waals surface area contributed by atoms with E-state index in [4.69, 9.17) is 9.84 Å². The summed E-state index contributed by atoms with van der Waals surface area (Å²) in [6, 6.07) is 16.2. The molecule has 0 fully saturated rings. The Kier molecular flexibility index (Phi) is 4.37. The summed E-state index contributed by atoms with van der Waals surface area (Å²) in [6.45, 7) is 2.84. The number of rotatable bonds is 5. The van der Waals surface area contributed by atoms with Gasteiger partial charge in [-0.05, 0) is 36.6 Å². The van der Waals surface area contributed by atoms with Gasteiger partial charge in [0.15, 0.2) is 0 Å². The highest BCUT2D eigenvalue weighted by Gasteiger charge is 1.97. The van der Waals surface area contributed by atoms with E-state index in [9.17, 15) is 0 Å². The number of benzene rings is 2. The summed E-state index contributed by atoms with van der Waals surface area (Å²) in [5.74, 6) is 0.859. The van der Waals surface area contributed by atoms with Crippen molar-refractivity contribution in [3.05, 3.63) is 65.2 Å². The summed E-state index contributed by atoms with van der Waals surface area (Å²) < 4.78 is 5.70. The lowest BCUT2D eigenvalue weighted by Gasteiger charge is -2.07. The Morgan fingerprint density at radius 1 is 0.889 bits per heavy atom. The van der Waals surface area contributed by atoms with Crippen molar-refractivity contribution in [2.24, 2.45) is 0 Å². The van der Waals surface area contributed by atoms with Crippen LogP contribution >= 0.6 is 0 Å². The zero-order valence-corrected chi connectivity index (χ0v) is 10.6. The van der Waals surface area contributed by atoms with Crippen LogP contribution in [0.2, 0.25) is 0 Å². The molecule has 1 N–H and O–H groups in total. The number of hydrogen-bond acceptors (Lipinski definition) is 2. The predicted octanol–water partition coefficient (Wildman–Crippen LogP) is 3.11. The first-order valence-corrected chi connectivity index (χ1v) is 6.16. The first-order chi connectivity index (χ1) is 8.78. The lowest BCUT2D eigenvalue weighted by Crippen LogP contribution is -1.96. The topological polar surface area (TPSA) is 29.5 Å². The van der Waals surface area contributed by atoms with Gasteiger partial charge < -0.3 is 9.84 Å². The van der Waals surface area contributed by atoms with Crippen molar-refractivity contribution in [2.45, 2.75) is 20.0 Å². The van der Waals surface area contributed by atoms with Crippen LogP contribution in [0.15, 0.2) is 48.5 Å². The van der Waals surface area contributed by atoms with Gasteiger partial charge >= 0.3 is 0 Å². The second-order valence-electron chi connectivity index (χ2n) is 4.39. The molecule has 2 heteroatoms. The molecular formula is C16H18O2. The van der Waals surface area contributed by atoms with Gasteiger partial charge in [0, 0.05) is 6.61 Å². The molecule has 0 aromatic heterocycles. The molecule has 0 atom stereocenters. The summed E-state index contributed by atoms with van der Waals surface area (Å²) >= 11 is 0. The average molecular weight is 242 g/mol. The fourth-order valence-corrected chi connectivity index (χ4v) is 1.73. The smallest absolute Gasteiger partial charge is 0.119 e. The quantitative estimate of drug-likeness (QED) is 0.873. The number of aliphatic hydroxyl groups is 1. The molecule has 0 amide bonds. The van der Waals surface area contributed by atoms with E-state index in [1.54, 1.807) is 0 Å². The molecule has 0 saturated heterocycles. The van der Waals surface area contributed by atoms with E-state index in [-0.39, 0.29) is 6.61 Å². The minimum atomic E-state index is 0.184. The molecule has 0 heterocycles. The molecule has 0 bridgehead atoms. The Bertz CT molecular complexity index is 471. The summed E-state index contributed by atoms with van der Waals surface area (Å²) in [5.41, 5.74) is 3.55. The van der Waals surface area contributed by atoms with Crippen molar-refractivity contribution in [1.29, 1.82) is 0 Å². The lowest BCUT2D eigenvalue weighted by atomic mass is 10.1. The minimum Gasteiger partial charge on any atom is -0.489 e. The highest BCUT2D eigenvalue weighted by Crippen LogP contribution is 2.14. The van der Waals surface area contributed by atoms with Gasteiger partial charge in [0.2, 0.25) is 0 Å². The van der Waals surface area contributed by atoms with Crippen LogP contribution < -0.4 is 4.74 Å². The minimum absolute atomic E-state index is 0.184. The molecule has 0 aliphatic heterocycles. The first-order valence-electron chi connectivity index (χ1n) is 6.16. The van der Waals surface area contributed by atoms with Gasteiger partial charge in [-0.25, -0.2) is 0 Å². The van der Waals surface area contributed by atoms with Crippen molar-refractivity contribution >= 4 is 0 Å². The van der Waals surface area contributed by atoms with Crippen molar-refractivity contribution in [2.75, 3.05) is 6.61 Å². The maximum absolute atomic E-state index is 8.83. The van der Waals surface area contributed by atoms with E-state index in [0.717, 1.165) is 11.3 Å². The molecular weight excluding hydrogens is 224 g/mol. The summed E-state index contributed by atoms with van der Waals surface area (Å²) in [5, 5.41) is 8.83. The molecule has 0 unspecified atom stereocenters. The molecule has 0 spiro atoms. The molecule has 0 radical (unpaired) electrons. The Morgan fingerprint density at radius 2 is 1.50 bits per heavy atom. The van der Waals surface area contributed by atoms with Crippen LogP contribution in [0.3, 0.4) is 0 Å². The van der Waals surface area contributed by atoms with Gasteiger partial charge in [0.1, 0.15) is 12.4 Å². The van der Waals surface area contributed by atoms with Gasteiger partial charge in [-0.2, -0.15) is 0 Å². The van der Waals surface area contributed by atoms with Crippen LogP contribution in [0.5, 0.6) is 5.75 Å². The number of aryl methyl sites for hydroxylation is 1. The zero-order chi connectivity index (χ0) is 12.8. The third kappa shape index (κ3) is 3.60. The third-order valence-electron chi connectivity index (χ3n) is 2.85. The number of hydrogen-bond donors (Lipinski definition) is 1. The second-order valence-corrected chi connectivity index (χ2v) is 4.39.